The van der Waals surface area contributed by atoms with E-state index in [2.05, 4.69) is 5.32 Å². The Bertz CT molecular complexity index is 1470. The first-order valence-corrected chi connectivity index (χ1v) is 16.8. The number of ether oxygens (including phenoxy) is 3. The van der Waals surface area contributed by atoms with E-state index in [1.54, 1.807) is 12.1 Å². The fourth-order valence-corrected chi connectivity index (χ4v) is 6.39. The number of halogens is 1. The molecule has 12 heteroatoms. The summed E-state index contributed by atoms with van der Waals surface area (Å²) in [7, 11) is -3.66. The number of rotatable bonds is 16. The molecule has 0 aromatic heterocycles. The molecule has 1 N–H and O–H groups in total. The summed E-state index contributed by atoms with van der Waals surface area (Å²) in [6, 6.07) is 21.8. The standard InChI is InChI=1S/C33H40ClN3O7S/c1-2-42-20-6-17-35-33(39)31(23-26-7-4-3-5-8-26)37(24-27-9-11-28(34)12-10-27)32(38)25-44-29-13-15-30(16-14-29)45(40,41)36-18-21-43-22-19-36/h3-5,7-16,31H,2,6,17-25H2,1H3,(H,35,39)/t31-/m1/s1. The van der Waals surface area contributed by atoms with Crippen molar-refractivity contribution in [1.82, 2.24) is 14.5 Å². The fourth-order valence-electron chi connectivity index (χ4n) is 4.86. The van der Waals surface area contributed by atoms with Gasteiger partial charge in [0.05, 0.1) is 18.1 Å². The van der Waals surface area contributed by atoms with Gasteiger partial charge in [-0.2, -0.15) is 4.31 Å². The molecule has 10 nitrogen and oxygen atoms in total. The van der Waals surface area contributed by atoms with E-state index in [4.69, 9.17) is 25.8 Å². The van der Waals surface area contributed by atoms with E-state index in [0.29, 0.717) is 69.7 Å². The monoisotopic (exact) mass is 657 g/mol. The van der Waals surface area contributed by atoms with Crippen molar-refractivity contribution in [2.75, 3.05) is 52.7 Å². The molecular formula is C33H40ClN3O7S. The lowest BCUT2D eigenvalue weighted by molar-refractivity contribution is -0.142. The van der Waals surface area contributed by atoms with Crippen molar-refractivity contribution in [2.45, 2.75) is 37.2 Å². The van der Waals surface area contributed by atoms with Crippen molar-refractivity contribution in [3.63, 3.8) is 0 Å². The van der Waals surface area contributed by atoms with Crippen LogP contribution in [0.25, 0.3) is 0 Å². The molecule has 0 aliphatic carbocycles. The van der Waals surface area contributed by atoms with Gasteiger partial charge < -0.3 is 24.4 Å². The number of nitrogens with one attached hydrogen (secondary N) is 1. The molecule has 0 saturated carbocycles. The van der Waals surface area contributed by atoms with Crippen molar-refractivity contribution in [1.29, 1.82) is 0 Å². The fraction of sp³-hybridized carbons (Fsp3) is 0.394. The first kappa shape index (κ1) is 34.4. The van der Waals surface area contributed by atoms with Gasteiger partial charge in [0.2, 0.25) is 15.9 Å². The SMILES string of the molecule is CCOCCCNC(=O)[C@@H](Cc1ccccc1)N(Cc1ccc(Cl)cc1)C(=O)COc1ccc(S(=O)(=O)N2CCOCC2)cc1. The molecule has 4 rings (SSSR count). The van der Waals surface area contributed by atoms with E-state index in [1.807, 2.05) is 49.4 Å². The molecule has 45 heavy (non-hydrogen) atoms. The molecule has 0 radical (unpaired) electrons. The van der Waals surface area contributed by atoms with Crippen molar-refractivity contribution in [2.24, 2.45) is 0 Å². The highest BCUT2D eigenvalue weighted by Crippen LogP contribution is 2.22. The number of hydrogen-bond donors (Lipinski definition) is 1. The van der Waals surface area contributed by atoms with E-state index in [9.17, 15) is 18.0 Å². The zero-order valence-corrected chi connectivity index (χ0v) is 27.0. The molecule has 1 atom stereocenters. The van der Waals surface area contributed by atoms with E-state index in [-0.39, 0.29) is 24.0 Å². The average molecular weight is 658 g/mol. The molecule has 0 unspecified atom stereocenters. The van der Waals surface area contributed by atoms with Gasteiger partial charge in [0.25, 0.3) is 5.91 Å². The molecule has 1 fully saturated rings. The van der Waals surface area contributed by atoms with Gasteiger partial charge in [0, 0.05) is 50.8 Å². The molecule has 1 aliphatic heterocycles. The van der Waals surface area contributed by atoms with Gasteiger partial charge in [-0.1, -0.05) is 54.1 Å². The Labute approximate surface area is 270 Å². The van der Waals surface area contributed by atoms with Gasteiger partial charge in [-0.15, -0.1) is 0 Å². The lowest BCUT2D eigenvalue weighted by atomic mass is 10.0. The summed E-state index contributed by atoms with van der Waals surface area (Å²) in [4.78, 5) is 29.1. The summed E-state index contributed by atoms with van der Waals surface area (Å²) in [6.45, 7) is 4.53. The third-order valence-electron chi connectivity index (χ3n) is 7.30. The summed E-state index contributed by atoms with van der Waals surface area (Å²) >= 11 is 6.10. The molecule has 0 spiro atoms. The second-order valence-electron chi connectivity index (χ2n) is 10.5. The Balaban J connectivity index is 1.52. The van der Waals surface area contributed by atoms with Gasteiger partial charge in [-0.3, -0.25) is 9.59 Å². The topological polar surface area (TPSA) is 114 Å². The van der Waals surface area contributed by atoms with Crippen LogP contribution in [-0.4, -0.2) is 88.1 Å². The number of amides is 2. The lowest BCUT2D eigenvalue weighted by Crippen LogP contribution is -2.51. The molecular weight excluding hydrogens is 618 g/mol. The number of hydrogen-bond acceptors (Lipinski definition) is 7. The van der Waals surface area contributed by atoms with E-state index >= 15 is 0 Å². The molecule has 2 amide bonds. The number of carbonyl (C=O) groups excluding carboxylic acids is 2. The second kappa shape index (κ2) is 17.3. The van der Waals surface area contributed by atoms with Crippen LogP contribution in [0.2, 0.25) is 5.02 Å². The van der Waals surface area contributed by atoms with Gasteiger partial charge in [0.1, 0.15) is 11.8 Å². The van der Waals surface area contributed by atoms with Gasteiger partial charge >= 0.3 is 0 Å². The van der Waals surface area contributed by atoms with E-state index in [0.717, 1.165) is 11.1 Å². The predicted octanol–water partition coefficient (Wildman–Crippen LogP) is 3.92. The Morgan fingerprint density at radius 3 is 2.33 bits per heavy atom. The molecule has 3 aromatic rings. The van der Waals surface area contributed by atoms with Crippen LogP contribution in [0, 0.1) is 0 Å². The van der Waals surface area contributed by atoms with E-state index in [1.165, 1.54) is 33.5 Å². The van der Waals surface area contributed by atoms with E-state index < -0.39 is 22.0 Å². The maximum absolute atomic E-state index is 13.8. The minimum atomic E-state index is -3.66. The average Bonchev–Trinajstić information content (AvgIpc) is 3.07. The van der Waals surface area contributed by atoms with Crippen molar-refractivity contribution >= 4 is 33.4 Å². The van der Waals surface area contributed by atoms with Crippen LogP contribution >= 0.6 is 11.6 Å². The highest BCUT2D eigenvalue weighted by Gasteiger charge is 2.31. The summed E-state index contributed by atoms with van der Waals surface area (Å²) in [6.07, 6.45) is 0.939. The number of morpholine rings is 1. The highest BCUT2D eigenvalue weighted by molar-refractivity contribution is 7.89. The Morgan fingerprint density at radius 2 is 1.67 bits per heavy atom. The van der Waals surface area contributed by atoms with Crippen LogP contribution in [0.5, 0.6) is 5.75 Å². The van der Waals surface area contributed by atoms with Crippen molar-refractivity contribution in [3.05, 3.63) is 95.0 Å². The smallest absolute Gasteiger partial charge is 0.261 e. The molecule has 1 heterocycles. The summed E-state index contributed by atoms with van der Waals surface area (Å²) in [5.74, 6) is -0.355. The quantitative estimate of drug-likeness (QED) is 0.232. The first-order chi connectivity index (χ1) is 21.8. The van der Waals surface area contributed by atoms with Gasteiger partial charge in [-0.25, -0.2) is 8.42 Å². The van der Waals surface area contributed by atoms with Crippen LogP contribution in [0.4, 0.5) is 0 Å². The number of sulfonamides is 1. The summed E-state index contributed by atoms with van der Waals surface area (Å²) in [5.41, 5.74) is 1.70. The second-order valence-corrected chi connectivity index (χ2v) is 12.8. The molecule has 1 aliphatic rings. The van der Waals surface area contributed by atoms with Crippen LogP contribution in [0.3, 0.4) is 0 Å². The summed E-state index contributed by atoms with van der Waals surface area (Å²) < 4.78 is 43.8. The third kappa shape index (κ3) is 10.3. The number of benzene rings is 3. The third-order valence-corrected chi connectivity index (χ3v) is 9.46. The Morgan fingerprint density at radius 1 is 0.978 bits per heavy atom. The van der Waals surface area contributed by atoms with Crippen LogP contribution in [0.1, 0.15) is 24.5 Å². The maximum Gasteiger partial charge on any atom is 0.261 e. The summed E-state index contributed by atoms with van der Waals surface area (Å²) in [5, 5.41) is 3.53. The van der Waals surface area contributed by atoms with Gasteiger partial charge in [0.15, 0.2) is 6.61 Å². The highest BCUT2D eigenvalue weighted by atomic mass is 35.5. The Hall–Kier alpha value is -3.48. The predicted molar refractivity (Wildman–Crippen MR) is 172 cm³/mol. The van der Waals surface area contributed by atoms with Crippen LogP contribution in [-0.2, 0) is 42.1 Å². The zero-order chi connectivity index (χ0) is 32.1. The molecule has 0 bridgehead atoms. The van der Waals surface area contributed by atoms with Crippen LogP contribution < -0.4 is 10.1 Å². The van der Waals surface area contributed by atoms with Crippen molar-refractivity contribution in [3.8, 4) is 5.75 Å². The van der Waals surface area contributed by atoms with Gasteiger partial charge in [-0.05, 0) is 60.9 Å². The zero-order valence-electron chi connectivity index (χ0n) is 25.4. The van der Waals surface area contributed by atoms with Crippen molar-refractivity contribution < 1.29 is 32.2 Å². The number of carbonyl (C=O) groups is 2. The molecule has 242 valence electrons. The normalized spacial score (nSPS) is 14.4. The lowest BCUT2D eigenvalue weighted by Gasteiger charge is -2.31. The number of nitrogens with zero attached hydrogens (tertiary/aromatic N) is 2. The largest absolute Gasteiger partial charge is 0.484 e. The molecule has 3 aromatic carbocycles. The minimum Gasteiger partial charge on any atom is -0.484 e. The Kier molecular flexibility index (Phi) is 13.2. The first-order valence-electron chi connectivity index (χ1n) is 15.0. The van der Waals surface area contributed by atoms with Crippen LogP contribution in [0.15, 0.2) is 83.8 Å². The minimum absolute atomic E-state index is 0.136. The maximum atomic E-state index is 13.8. The molecule has 1 saturated heterocycles.